The first kappa shape index (κ1) is 20.3. The Hall–Kier alpha value is -2.40. The average Bonchev–Trinajstić information content (AvgIpc) is 3.08. The van der Waals surface area contributed by atoms with Gasteiger partial charge in [0.1, 0.15) is 0 Å². The van der Waals surface area contributed by atoms with Gasteiger partial charge in [-0.15, -0.1) is 0 Å². The van der Waals surface area contributed by atoms with E-state index in [0.717, 1.165) is 30.8 Å². The van der Waals surface area contributed by atoms with Crippen molar-refractivity contribution in [1.29, 1.82) is 0 Å². The molecule has 0 unspecified atom stereocenters. The van der Waals surface area contributed by atoms with E-state index in [0.29, 0.717) is 11.5 Å². The maximum atomic E-state index is 11.9. The van der Waals surface area contributed by atoms with Gasteiger partial charge in [-0.25, -0.2) is 0 Å². The largest absolute Gasteiger partial charge is 0.360 e. The SMILES string of the molecule is C[C@@H](CC(C)(C)c1ccccc1)NC(=S)Nc1ccc(N2CCCC2=O)cc1. The number of hydrogen-bond acceptors (Lipinski definition) is 2. The van der Waals surface area contributed by atoms with Crippen molar-refractivity contribution in [2.24, 2.45) is 0 Å². The zero-order chi connectivity index (χ0) is 20.1. The molecule has 1 saturated heterocycles. The highest BCUT2D eigenvalue weighted by Gasteiger charge is 2.24. The van der Waals surface area contributed by atoms with Crippen molar-refractivity contribution in [3.8, 4) is 0 Å². The fourth-order valence-electron chi connectivity index (χ4n) is 3.86. The molecular formula is C23H29N3OS. The van der Waals surface area contributed by atoms with Crippen molar-refractivity contribution in [3.63, 3.8) is 0 Å². The van der Waals surface area contributed by atoms with Crippen LogP contribution in [-0.2, 0) is 10.2 Å². The number of carbonyl (C=O) groups is 1. The van der Waals surface area contributed by atoms with Gasteiger partial charge < -0.3 is 15.5 Å². The van der Waals surface area contributed by atoms with Crippen LogP contribution in [0.25, 0.3) is 0 Å². The number of benzene rings is 2. The summed E-state index contributed by atoms with van der Waals surface area (Å²) >= 11 is 5.49. The van der Waals surface area contributed by atoms with Crippen molar-refractivity contribution in [2.75, 3.05) is 16.8 Å². The topological polar surface area (TPSA) is 44.4 Å². The Morgan fingerprint density at radius 1 is 1.14 bits per heavy atom. The fraction of sp³-hybridized carbons (Fsp3) is 0.391. The van der Waals surface area contributed by atoms with Gasteiger partial charge in [-0.05, 0) is 67.2 Å². The lowest BCUT2D eigenvalue weighted by Gasteiger charge is -2.29. The third-order valence-corrected chi connectivity index (χ3v) is 5.48. The van der Waals surface area contributed by atoms with Crippen LogP contribution in [-0.4, -0.2) is 23.6 Å². The van der Waals surface area contributed by atoms with Gasteiger partial charge in [0.15, 0.2) is 5.11 Å². The van der Waals surface area contributed by atoms with Crippen LogP contribution in [0.1, 0.15) is 45.6 Å². The first-order chi connectivity index (χ1) is 13.3. The highest BCUT2D eigenvalue weighted by molar-refractivity contribution is 7.80. The summed E-state index contributed by atoms with van der Waals surface area (Å²) in [5, 5.41) is 7.24. The van der Waals surface area contributed by atoms with E-state index in [1.165, 1.54) is 5.56 Å². The number of thiocarbonyl (C=S) groups is 1. The van der Waals surface area contributed by atoms with Crippen molar-refractivity contribution in [2.45, 2.75) is 51.5 Å². The molecule has 2 aromatic carbocycles. The Labute approximate surface area is 173 Å². The molecule has 1 atom stereocenters. The van der Waals surface area contributed by atoms with Gasteiger partial charge in [0.05, 0.1) is 0 Å². The predicted molar refractivity (Wildman–Crippen MR) is 121 cm³/mol. The second kappa shape index (κ2) is 8.74. The molecule has 2 N–H and O–H groups in total. The summed E-state index contributed by atoms with van der Waals surface area (Å²) in [5.41, 5.74) is 3.26. The fourth-order valence-corrected chi connectivity index (χ4v) is 4.18. The minimum atomic E-state index is 0.0627. The van der Waals surface area contributed by atoms with Crippen molar-refractivity contribution >= 4 is 34.6 Å². The van der Waals surface area contributed by atoms with E-state index in [2.05, 4.69) is 55.7 Å². The van der Waals surface area contributed by atoms with Gasteiger partial charge >= 0.3 is 0 Å². The van der Waals surface area contributed by atoms with Crippen LogP contribution in [0.3, 0.4) is 0 Å². The molecule has 0 aromatic heterocycles. The molecule has 0 saturated carbocycles. The number of rotatable bonds is 6. The lowest BCUT2D eigenvalue weighted by molar-refractivity contribution is -0.117. The van der Waals surface area contributed by atoms with Crippen molar-refractivity contribution < 1.29 is 4.79 Å². The first-order valence-electron chi connectivity index (χ1n) is 9.89. The average molecular weight is 396 g/mol. The second-order valence-electron chi connectivity index (χ2n) is 8.15. The third kappa shape index (κ3) is 5.10. The molecule has 0 radical (unpaired) electrons. The Bertz CT molecular complexity index is 818. The molecule has 4 nitrogen and oxygen atoms in total. The van der Waals surface area contributed by atoms with Crippen molar-refractivity contribution in [3.05, 3.63) is 60.2 Å². The summed E-state index contributed by atoms with van der Waals surface area (Å²) in [6.45, 7) is 7.48. The number of nitrogens with zero attached hydrogens (tertiary/aromatic N) is 1. The summed E-state index contributed by atoms with van der Waals surface area (Å²) in [6, 6.07) is 18.7. The zero-order valence-corrected chi connectivity index (χ0v) is 17.7. The summed E-state index contributed by atoms with van der Waals surface area (Å²) < 4.78 is 0. The van der Waals surface area contributed by atoms with Crippen LogP contribution in [0.15, 0.2) is 54.6 Å². The third-order valence-electron chi connectivity index (χ3n) is 5.26. The molecule has 0 aliphatic carbocycles. The quantitative estimate of drug-likeness (QED) is 0.686. The highest BCUT2D eigenvalue weighted by atomic mass is 32.1. The molecule has 1 aliphatic rings. The van der Waals surface area contributed by atoms with Gasteiger partial charge in [-0.1, -0.05) is 44.2 Å². The van der Waals surface area contributed by atoms with Gasteiger partial charge in [-0.2, -0.15) is 0 Å². The Balaban J connectivity index is 1.53. The summed E-state index contributed by atoms with van der Waals surface area (Å²) in [6.07, 6.45) is 2.55. The van der Waals surface area contributed by atoms with Crippen LogP contribution in [0.5, 0.6) is 0 Å². The lowest BCUT2D eigenvalue weighted by Crippen LogP contribution is -2.39. The van der Waals surface area contributed by atoms with Crippen LogP contribution >= 0.6 is 12.2 Å². The number of anilines is 2. The monoisotopic (exact) mass is 395 g/mol. The number of hydrogen-bond donors (Lipinski definition) is 2. The predicted octanol–water partition coefficient (Wildman–Crippen LogP) is 4.86. The van der Waals surface area contributed by atoms with Gasteiger partial charge in [0.2, 0.25) is 5.91 Å². The molecule has 0 bridgehead atoms. The zero-order valence-electron chi connectivity index (χ0n) is 16.9. The Morgan fingerprint density at radius 3 is 2.43 bits per heavy atom. The molecule has 2 aromatic rings. The Kier molecular flexibility index (Phi) is 6.35. The van der Waals surface area contributed by atoms with Crippen LogP contribution in [0.2, 0.25) is 0 Å². The van der Waals surface area contributed by atoms with Crippen LogP contribution in [0.4, 0.5) is 11.4 Å². The summed E-state index contributed by atoms with van der Waals surface area (Å²) in [7, 11) is 0. The molecule has 1 amide bonds. The molecule has 1 fully saturated rings. The van der Waals surface area contributed by atoms with E-state index < -0.39 is 0 Å². The highest BCUT2D eigenvalue weighted by Crippen LogP contribution is 2.28. The van der Waals surface area contributed by atoms with E-state index in [1.54, 1.807) is 0 Å². The van der Waals surface area contributed by atoms with Crippen LogP contribution < -0.4 is 15.5 Å². The van der Waals surface area contributed by atoms with Crippen LogP contribution in [0, 0.1) is 0 Å². The normalized spacial score (nSPS) is 15.4. The summed E-state index contributed by atoms with van der Waals surface area (Å²) in [4.78, 5) is 13.7. The second-order valence-corrected chi connectivity index (χ2v) is 8.56. The van der Waals surface area contributed by atoms with Crippen molar-refractivity contribution in [1.82, 2.24) is 5.32 Å². The molecular weight excluding hydrogens is 366 g/mol. The minimum absolute atomic E-state index is 0.0627. The molecule has 1 aliphatic heterocycles. The molecule has 5 heteroatoms. The molecule has 0 spiro atoms. The Morgan fingerprint density at radius 2 is 1.82 bits per heavy atom. The van der Waals surface area contributed by atoms with Gasteiger partial charge in [0.25, 0.3) is 0 Å². The van der Waals surface area contributed by atoms with Gasteiger partial charge in [0, 0.05) is 30.4 Å². The lowest BCUT2D eigenvalue weighted by atomic mass is 9.79. The van der Waals surface area contributed by atoms with E-state index in [-0.39, 0.29) is 17.4 Å². The van der Waals surface area contributed by atoms with E-state index in [4.69, 9.17) is 12.2 Å². The number of amides is 1. The van der Waals surface area contributed by atoms with Gasteiger partial charge in [-0.3, -0.25) is 4.79 Å². The summed E-state index contributed by atoms with van der Waals surface area (Å²) in [5.74, 6) is 0.202. The van der Waals surface area contributed by atoms with E-state index >= 15 is 0 Å². The molecule has 3 rings (SSSR count). The first-order valence-corrected chi connectivity index (χ1v) is 10.3. The molecule has 148 valence electrons. The standard InChI is InChI=1S/C23H29N3OS/c1-17(16-23(2,3)18-8-5-4-6-9-18)24-22(28)25-19-11-13-20(14-12-19)26-15-7-10-21(26)27/h4-6,8-9,11-14,17H,7,10,15-16H2,1-3H3,(H2,24,25,28)/t17-/m0/s1. The minimum Gasteiger partial charge on any atom is -0.360 e. The number of carbonyl (C=O) groups excluding carboxylic acids is 1. The molecule has 1 heterocycles. The van der Waals surface area contributed by atoms with E-state index in [1.807, 2.05) is 35.2 Å². The smallest absolute Gasteiger partial charge is 0.227 e. The maximum Gasteiger partial charge on any atom is 0.227 e. The number of nitrogens with one attached hydrogen (secondary N) is 2. The maximum absolute atomic E-state index is 11.9. The van der Waals surface area contributed by atoms with E-state index in [9.17, 15) is 4.79 Å². The molecule has 28 heavy (non-hydrogen) atoms.